The number of amides is 1. The van der Waals surface area contributed by atoms with Crippen LogP contribution in [0.1, 0.15) is 26.7 Å². The van der Waals surface area contributed by atoms with Gasteiger partial charge in [-0.05, 0) is 45.7 Å². The Morgan fingerprint density at radius 1 is 1.50 bits per heavy atom. The molecule has 1 saturated heterocycles. The second-order valence-electron chi connectivity index (χ2n) is 4.28. The van der Waals surface area contributed by atoms with E-state index in [2.05, 4.69) is 17.6 Å². The lowest BCUT2D eigenvalue weighted by atomic mass is 9.93. The molecule has 0 aromatic carbocycles. The summed E-state index contributed by atoms with van der Waals surface area (Å²) in [6, 6.07) is 0.225. The van der Waals surface area contributed by atoms with E-state index in [1.54, 1.807) is 14.0 Å². The van der Waals surface area contributed by atoms with Gasteiger partial charge in [0.2, 0.25) is 5.91 Å². The molecule has 1 amide bonds. The van der Waals surface area contributed by atoms with Crippen molar-refractivity contribution in [3.63, 3.8) is 0 Å². The maximum atomic E-state index is 11.6. The zero-order chi connectivity index (χ0) is 11.3. The summed E-state index contributed by atoms with van der Waals surface area (Å²) in [6.45, 7) is 5.94. The van der Waals surface area contributed by atoms with Crippen molar-refractivity contribution in [1.82, 2.24) is 10.6 Å². The lowest BCUT2D eigenvalue weighted by molar-refractivity contribution is -0.131. The molecule has 1 heterocycles. The Labute approximate surface area is 104 Å². The molecule has 16 heavy (non-hydrogen) atoms. The number of carbonyl (C=O) groups is 1. The van der Waals surface area contributed by atoms with Gasteiger partial charge < -0.3 is 15.4 Å². The van der Waals surface area contributed by atoms with E-state index in [0.717, 1.165) is 13.1 Å². The first-order valence-corrected chi connectivity index (χ1v) is 5.69. The van der Waals surface area contributed by atoms with Crippen LogP contribution in [0.2, 0.25) is 0 Å². The number of piperidine rings is 1. The molecule has 0 aliphatic carbocycles. The molecule has 5 heteroatoms. The maximum absolute atomic E-state index is 11.6. The summed E-state index contributed by atoms with van der Waals surface area (Å²) in [7, 11) is 1.55. The Kier molecular flexibility index (Phi) is 7.72. The molecular weight excluding hydrogens is 228 g/mol. The van der Waals surface area contributed by atoms with Gasteiger partial charge in [-0.25, -0.2) is 0 Å². The zero-order valence-electron chi connectivity index (χ0n) is 10.3. The number of halogens is 1. The van der Waals surface area contributed by atoms with Gasteiger partial charge in [-0.1, -0.05) is 0 Å². The van der Waals surface area contributed by atoms with Crippen molar-refractivity contribution in [2.24, 2.45) is 5.92 Å². The van der Waals surface area contributed by atoms with Crippen molar-refractivity contribution in [3.05, 3.63) is 0 Å². The van der Waals surface area contributed by atoms with Gasteiger partial charge in [-0.3, -0.25) is 4.79 Å². The Hall–Kier alpha value is -0.320. The average Bonchev–Trinajstić information content (AvgIpc) is 2.29. The van der Waals surface area contributed by atoms with Gasteiger partial charge in [0.25, 0.3) is 0 Å². The van der Waals surface area contributed by atoms with Crippen LogP contribution in [0.3, 0.4) is 0 Å². The Balaban J connectivity index is 0.00000225. The molecule has 1 aliphatic rings. The molecule has 1 rings (SSSR count). The van der Waals surface area contributed by atoms with Gasteiger partial charge in [0.15, 0.2) is 0 Å². The number of rotatable bonds is 4. The van der Waals surface area contributed by atoms with E-state index < -0.39 is 0 Å². The van der Waals surface area contributed by atoms with Crippen LogP contribution < -0.4 is 10.6 Å². The molecule has 96 valence electrons. The van der Waals surface area contributed by atoms with Crippen LogP contribution in [-0.2, 0) is 9.53 Å². The minimum Gasteiger partial charge on any atom is -0.372 e. The molecule has 0 aromatic heterocycles. The molecule has 0 aromatic rings. The van der Waals surface area contributed by atoms with Gasteiger partial charge in [-0.2, -0.15) is 0 Å². The highest BCUT2D eigenvalue weighted by molar-refractivity contribution is 5.85. The largest absolute Gasteiger partial charge is 0.372 e. The quantitative estimate of drug-likeness (QED) is 0.781. The lowest BCUT2D eigenvalue weighted by Gasteiger charge is -2.29. The van der Waals surface area contributed by atoms with E-state index >= 15 is 0 Å². The molecule has 3 atom stereocenters. The van der Waals surface area contributed by atoms with Crippen molar-refractivity contribution in [2.45, 2.75) is 38.8 Å². The summed E-state index contributed by atoms with van der Waals surface area (Å²) in [5, 5.41) is 6.35. The van der Waals surface area contributed by atoms with Crippen molar-refractivity contribution in [3.8, 4) is 0 Å². The predicted molar refractivity (Wildman–Crippen MR) is 66.9 cm³/mol. The molecule has 4 nitrogen and oxygen atoms in total. The van der Waals surface area contributed by atoms with Gasteiger partial charge in [0.05, 0.1) is 0 Å². The highest BCUT2D eigenvalue weighted by Crippen LogP contribution is 2.14. The van der Waals surface area contributed by atoms with Crippen LogP contribution >= 0.6 is 12.4 Å². The first-order valence-electron chi connectivity index (χ1n) is 5.69. The molecule has 2 N–H and O–H groups in total. The number of hydrogen-bond acceptors (Lipinski definition) is 3. The van der Waals surface area contributed by atoms with E-state index in [9.17, 15) is 4.79 Å². The van der Waals surface area contributed by atoms with E-state index in [4.69, 9.17) is 4.74 Å². The number of methoxy groups -OCH3 is 1. The standard InChI is InChI=1S/C11H22N2O2.ClH/c1-8(10-5-4-6-12-7-10)13-11(14)9(2)15-3;/h8-10,12H,4-7H2,1-3H3,(H,13,14);1H. The zero-order valence-corrected chi connectivity index (χ0v) is 11.1. The Morgan fingerprint density at radius 3 is 2.69 bits per heavy atom. The van der Waals surface area contributed by atoms with Gasteiger partial charge >= 0.3 is 0 Å². The average molecular weight is 251 g/mol. The predicted octanol–water partition coefficient (Wildman–Crippen LogP) is 0.947. The normalized spacial score (nSPS) is 24.1. The molecule has 0 radical (unpaired) electrons. The minimum absolute atomic E-state index is 0. The summed E-state index contributed by atoms with van der Waals surface area (Å²) in [6.07, 6.45) is 2.03. The minimum atomic E-state index is -0.357. The second kappa shape index (κ2) is 7.87. The van der Waals surface area contributed by atoms with Crippen LogP contribution in [0.5, 0.6) is 0 Å². The molecule has 1 fully saturated rings. The third-order valence-corrected chi connectivity index (χ3v) is 3.13. The van der Waals surface area contributed by atoms with Crippen molar-refractivity contribution < 1.29 is 9.53 Å². The maximum Gasteiger partial charge on any atom is 0.249 e. The highest BCUT2D eigenvalue weighted by Gasteiger charge is 2.22. The fourth-order valence-electron chi connectivity index (χ4n) is 1.87. The number of ether oxygens (including phenoxy) is 1. The first kappa shape index (κ1) is 15.7. The lowest BCUT2D eigenvalue weighted by Crippen LogP contribution is -2.47. The van der Waals surface area contributed by atoms with Crippen molar-refractivity contribution in [1.29, 1.82) is 0 Å². The fraction of sp³-hybridized carbons (Fsp3) is 0.909. The topological polar surface area (TPSA) is 50.4 Å². The van der Waals surface area contributed by atoms with Crippen LogP contribution in [-0.4, -0.2) is 38.3 Å². The van der Waals surface area contributed by atoms with Gasteiger partial charge in [-0.15, -0.1) is 12.4 Å². The number of nitrogens with one attached hydrogen (secondary N) is 2. The van der Waals surface area contributed by atoms with Crippen LogP contribution in [0.4, 0.5) is 0 Å². The molecule has 1 aliphatic heterocycles. The van der Waals surface area contributed by atoms with Crippen LogP contribution in [0.25, 0.3) is 0 Å². The van der Waals surface area contributed by atoms with Crippen LogP contribution in [0, 0.1) is 5.92 Å². The first-order chi connectivity index (χ1) is 7.15. The summed E-state index contributed by atoms with van der Waals surface area (Å²) in [4.78, 5) is 11.6. The highest BCUT2D eigenvalue weighted by atomic mass is 35.5. The Morgan fingerprint density at radius 2 is 2.19 bits per heavy atom. The van der Waals surface area contributed by atoms with Gasteiger partial charge in [0, 0.05) is 13.2 Å². The monoisotopic (exact) mass is 250 g/mol. The molecule has 0 spiro atoms. The van der Waals surface area contributed by atoms with E-state index in [-0.39, 0.29) is 30.5 Å². The summed E-state index contributed by atoms with van der Waals surface area (Å²) in [5.74, 6) is 0.530. The molecule has 3 unspecified atom stereocenters. The number of hydrogen-bond donors (Lipinski definition) is 2. The second-order valence-corrected chi connectivity index (χ2v) is 4.28. The molecule has 0 bridgehead atoms. The van der Waals surface area contributed by atoms with Crippen LogP contribution in [0.15, 0.2) is 0 Å². The van der Waals surface area contributed by atoms with E-state index in [1.807, 2.05) is 0 Å². The Bertz CT molecular complexity index is 208. The summed E-state index contributed by atoms with van der Waals surface area (Å²) >= 11 is 0. The van der Waals surface area contributed by atoms with E-state index in [1.165, 1.54) is 12.8 Å². The number of carbonyl (C=O) groups excluding carboxylic acids is 1. The third kappa shape index (κ3) is 4.68. The van der Waals surface area contributed by atoms with Crippen molar-refractivity contribution >= 4 is 18.3 Å². The fourth-order valence-corrected chi connectivity index (χ4v) is 1.87. The molecule has 0 saturated carbocycles. The summed E-state index contributed by atoms with van der Waals surface area (Å²) < 4.78 is 4.97. The van der Waals surface area contributed by atoms with Gasteiger partial charge in [0.1, 0.15) is 6.10 Å². The smallest absolute Gasteiger partial charge is 0.249 e. The third-order valence-electron chi connectivity index (χ3n) is 3.13. The summed E-state index contributed by atoms with van der Waals surface area (Å²) in [5.41, 5.74) is 0. The van der Waals surface area contributed by atoms with Crippen molar-refractivity contribution in [2.75, 3.05) is 20.2 Å². The SMILES string of the molecule is COC(C)C(=O)NC(C)C1CCCNC1.Cl. The molecular formula is C11H23ClN2O2. The van der Waals surface area contributed by atoms with E-state index in [0.29, 0.717) is 5.92 Å².